The highest BCUT2D eigenvalue weighted by Gasteiger charge is 2.28. The van der Waals surface area contributed by atoms with Gasteiger partial charge in [-0.05, 0) is 35.5 Å². The number of hydrogen-bond donors (Lipinski definition) is 1. The van der Waals surface area contributed by atoms with Crippen LogP contribution in [0.2, 0.25) is 0 Å². The predicted octanol–water partition coefficient (Wildman–Crippen LogP) is 2.03. The molecule has 1 aromatic carbocycles. The van der Waals surface area contributed by atoms with Crippen molar-refractivity contribution in [3.8, 4) is 0 Å². The number of aliphatic imine (C=N–C) groups is 1. The molecule has 0 radical (unpaired) electrons. The van der Waals surface area contributed by atoms with Gasteiger partial charge in [-0.1, -0.05) is 28.1 Å². The summed E-state index contributed by atoms with van der Waals surface area (Å²) in [6.45, 7) is 4.35. The number of hydrogen-bond acceptors (Lipinski definition) is 5. The normalized spacial score (nSPS) is 21.1. The minimum absolute atomic E-state index is 0.161. The molecule has 0 unspecified atom stereocenters. The van der Waals surface area contributed by atoms with Crippen LogP contribution in [-0.4, -0.2) is 65.3 Å². The van der Waals surface area contributed by atoms with Gasteiger partial charge in [0.15, 0.2) is 5.17 Å². The molecule has 1 amide bonds. The zero-order chi connectivity index (χ0) is 16.2. The van der Waals surface area contributed by atoms with Gasteiger partial charge >= 0.3 is 0 Å². The summed E-state index contributed by atoms with van der Waals surface area (Å²) in [5, 5.41) is 9.78. The monoisotopic (exact) mass is 395 g/mol. The Hall–Kier alpha value is -1.15. The number of nitrogens with zero attached hydrogens (tertiary/aromatic N) is 3. The predicted molar refractivity (Wildman–Crippen MR) is 97.3 cm³/mol. The Labute approximate surface area is 148 Å². The number of amidine groups is 1. The maximum absolute atomic E-state index is 12.1. The zero-order valence-corrected chi connectivity index (χ0v) is 15.0. The molecule has 1 aromatic rings. The molecule has 1 N–H and O–H groups in total. The lowest BCUT2D eigenvalue weighted by atomic mass is 10.2. The largest absolute Gasteiger partial charge is 0.395 e. The Morgan fingerprint density at radius 1 is 1.22 bits per heavy atom. The molecule has 1 saturated heterocycles. The van der Waals surface area contributed by atoms with Gasteiger partial charge in [0.25, 0.3) is 5.91 Å². The van der Waals surface area contributed by atoms with Gasteiger partial charge in [-0.3, -0.25) is 9.69 Å². The number of β-amino-alcohol motifs (C(OH)–C–C–N with tert-alkyl or cyclic N) is 1. The van der Waals surface area contributed by atoms with Gasteiger partial charge in [-0.2, -0.15) is 4.99 Å². The van der Waals surface area contributed by atoms with Crippen LogP contribution in [0, 0.1) is 0 Å². The summed E-state index contributed by atoms with van der Waals surface area (Å²) in [5.74, 6) is -0.161. The standard InChI is InChI=1S/C16H18BrN3O2S/c17-13-3-1-12(2-4-13)11-14-15(22)18-16(23-14)20-7-5-19(6-8-20)9-10-21/h1-4,11,21H,5-10H2. The van der Waals surface area contributed by atoms with Crippen LogP contribution >= 0.6 is 27.7 Å². The van der Waals surface area contributed by atoms with Crippen LogP contribution in [-0.2, 0) is 4.79 Å². The third-order valence-corrected chi connectivity index (χ3v) is 5.41. The Morgan fingerprint density at radius 3 is 2.57 bits per heavy atom. The number of aliphatic hydroxyl groups is 1. The quantitative estimate of drug-likeness (QED) is 0.793. The Morgan fingerprint density at radius 2 is 1.91 bits per heavy atom. The molecule has 0 aliphatic carbocycles. The lowest BCUT2D eigenvalue weighted by Gasteiger charge is -2.34. The maximum Gasteiger partial charge on any atom is 0.286 e. The minimum atomic E-state index is -0.161. The van der Waals surface area contributed by atoms with Crippen LogP contribution in [0.5, 0.6) is 0 Å². The zero-order valence-electron chi connectivity index (χ0n) is 12.6. The molecule has 0 bridgehead atoms. The fraction of sp³-hybridized carbons (Fsp3) is 0.375. The SMILES string of the molecule is O=C1N=C(N2CCN(CCO)CC2)SC1=Cc1ccc(Br)cc1. The van der Waals surface area contributed by atoms with E-state index in [4.69, 9.17) is 5.11 Å². The van der Waals surface area contributed by atoms with Crippen LogP contribution in [0.15, 0.2) is 38.6 Å². The average Bonchev–Trinajstić information content (AvgIpc) is 2.92. The van der Waals surface area contributed by atoms with Gasteiger partial charge < -0.3 is 10.0 Å². The molecular formula is C16H18BrN3O2S. The third kappa shape index (κ3) is 4.23. The lowest BCUT2D eigenvalue weighted by Crippen LogP contribution is -2.48. The van der Waals surface area contributed by atoms with Crippen molar-refractivity contribution < 1.29 is 9.90 Å². The van der Waals surface area contributed by atoms with Crippen LogP contribution in [0.25, 0.3) is 6.08 Å². The first kappa shape index (κ1) is 16.7. The van der Waals surface area contributed by atoms with E-state index in [1.165, 1.54) is 11.8 Å². The molecule has 3 rings (SSSR count). The molecule has 0 atom stereocenters. The van der Waals surface area contributed by atoms with Crippen molar-refractivity contribution in [3.05, 3.63) is 39.2 Å². The summed E-state index contributed by atoms with van der Waals surface area (Å²) < 4.78 is 1.02. The number of piperazine rings is 1. The fourth-order valence-electron chi connectivity index (χ4n) is 2.55. The Balaban J connectivity index is 1.63. The molecule has 23 heavy (non-hydrogen) atoms. The second-order valence-electron chi connectivity index (χ2n) is 5.41. The van der Waals surface area contributed by atoms with E-state index >= 15 is 0 Å². The van der Waals surface area contributed by atoms with E-state index in [0.29, 0.717) is 11.4 Å². The van der Waals surface area contributed by atoms with Crippen molar-refractivity contribution in [2.24, 2.45) is 4.99 Å². The summed E-state index contributed by atoms with van der Waals surface area (Å²) in [6, 6.07) is 7.85. The number of aliphatic hydroxyl groups excluding tert-OH is 1. The molecule has 0 aromatic heterocycles. The van der Waals surface area contributed by atoms with E-state index < -0.39 is 0 Å². The minimum Gasteiger partial charge on any atom is -0.395 e. The summed E-state index contributed by atoms with van der Waals surface area (Å²) >= 11 is 4.85. The number of carbonyl (C=O) groups excluding carboxylic acids is 1. The Kier molecular flexibility index (Phi) is 5.53. The molecule has 2 aliphatic heterocycles. The average molecular weight is 396 g/mol. The molecule has 5 nitrogen and oxygen atoms in total. The van der Waals surface area contributed by atoms with Gasteiger partial charge in [0, 0.05) is 37.2 Å². The summed E-state index contributed by atoms with van der Waals surface area (Å²) in [5.41, 5.74) is 0.994. The summed E-state index contributed by atoms with van der Waals surface area (Å²) in [7, 11) is 0. The Bertz CT molecular complexity index is 637. The maximum atomic E-state index is 12.1. The first-order chi connectivity index (χ1) is 11.2. The van der Waals surface area contributed by atoms with E-state index in [1.807, 2.05) is 30.3 Å². The molecule has 2 heterocycles. The van der Waals surface area contributed by atoms with Crippen molar-refractivity contribution in [1.82, 2.24) is 9.80 Å². The molecule has 2 aliphatic rings. The highest BCUT2D eigenvalue weighted by Crippen LogP contribution is 2.30. The first-order valence-electron chi connectivity index (χ1n) is 7.52. The topological polar surface area (TPSA) is 56.1 Å². The van der Waals surface area contributed by atoms with Gasteiger partial charge in [0.2, 0.25) is 0 Å². The number of amides is 1. The van der Waals surface area contributed by atoms with E-state index in [-0.39, 0.29) is 12.5 Å². The molecular weight excluding hydrogens is 378 g/mol. The molecule has 7 heteroatoms. The van der Waals surface area contributed by atoms with Crippen LogP contribution < -0.4 is 0 Å². The molecule has 122 valence electrons. The van der Waals surface area contributed by atoms with Crippen LogP contribution in [0.4, 0.5) is 0 Å². The van der Waals surface area contributed by atoms with Crippen molar-refractivity contribution >= 4 is 44.8 Å². The van der Waals surface area contributed by atoms with Crippen LogP contribution in [0.1, 0.15) is 5.56 Å². The van der Waals surface area contributed by atoms with Gasteiger partial charge in [0.1, 0.15) is 0 Å². The molecule has 0 spiro atoms. The van der Waals surface area contributed by atoms with Crippen LogP contribution in [0.3, 0.4) is 0 Å². The summed E-state index contributed by atoms with van der Waals surface area (Å²) in [6.07, 6.45) is 1.89. The highest BCUT2D eigenvalue weighted by molar-refractivity contribution is 9.10. The van der Waals surface area contributed by atoms with E-state index in [2.05, 4.69) is 30.7 Å². The van der Waals surface area contributed by atoms with Gasteiger partial charge in [-0.15, -0.1) is 0 Å². The highest BCUT2D eigenvalue weighted by atomic mass is 79.9. The van der Waals surface area contributed by atoms with E-state index in [0.717, 1.165) is 41.4 Å². The number of benzene rings is 1. The number of rotatable bonds is 3. The van der Waals surface area contributed by atoms with Crippen molar-refractivity contribution in [2.45, 2.75) is 0 Å². The van der Waals surface area contributed by atoms with Gasteiger partial charge in [-0.25, -0.2) is 0 Å². The van der Waals surface area contributed by atoms with E-state index in [9.17, 15) is 4.79 Å². The number of thioether (sulfide) groups is 1. The van der Waals surface area contributed by atoms with Crippen molar-refractivity contribution in [3.63, 3.8) is 0 Å². The number of halogens is 1. The second-order valence-corrected chi connectivity index (χ2v) is 7.34. The van der Waals surface area contributed by atoms with Crippen molar-refractivity contribution in [1.29, 1.82) is 0 Å². The second kappa shape index (κ2) is 7.61. The lowest BCUT2D eigenvalue weighted by molar-refractivity contribution is -0.113. The summed E-state index contributed by atoms with van der Waals surface area (Å²) in [4.78, 5) is 21.3. The first-order valence-corrected chi connectivity index (χ1v) is 9.13. The smallest absolute Gasteiger partial charge is 0.286 e. The van der Waals surface area contributed by atoms with Gasteiger partial charge in [0.05, 0.1) is 11.5 Å². The van der Waals surface area contributed by atoms with Crippen molar-refractivity contribution in [2.75, 3.05) is 39.3 Å². The fourth-order valence-corrected chi connectivity index (χ4v) is 3.78. The molecule has 0 saturated carbocycles. The third-order valence-electron chi connectivity index (χ3n) is 3.84. The number of carbonyl (C=O) groups is 1. The van der Waals surface area contributed by atoms with E-state index in [1.54, 1.807) is 0 Å². The molecule has 1 fully saturated rings.